The van der Waals surface area contributed by atoms with Crippen molar-refractivity contribution in [2.24, 2.45) is 0 Å². The molecule has 0 aromatic carbocycles. The smallest absolute Gasteiger partial charge is 0.335 e. The summed E-state index contributed by atoms with van der Waals surface area (Å²) in [6, 6.07) is 0.729. The molecule has 2 rings (SSSR count). The van der Waals surface area contributed by atoms with Gasteiger partial charge in [0.15, 0.2) is 0 Å². The molecule has 0 aliphatic heterocycles. The largest absolute Gasteiger partial charge is 0.481 e. The van der Waals surface area contributed by atoms with Crippen LogP contribution in [0.15, 0.2) is 6.07 Å². The first kappa shape index (κ1) is 15.5. The number of nitrogens with one attached hydrogen (secondary N) is 2. The van der Waals surface area contributed by atoms with Gasteiger partial charge >= 0.3 is 6.03 Å². The molecule has 8 nitrogen and oxygen atoms in total. The zero-order chi connectivity index (χ0) is 15.5. The summed E-state index contributed by atoms with van der Waals surface area (Å²) in [7, 11) is -2.21. The van der Waals surface area contributed by atoms with Crippen molar-refractivity contribution in [1.82, 2.24) is 14.7 Å². The third-order valence-corrected chi connectivity index (χ3v) is 5.06. The van der Waals surface area contributed by atoms with Crippen molar-refractivity contribution in [1.29, 1.82) is 0 Å². The average molecular weight is 314 g/mol. The molecule has 0 spiro atoms. The fraction of sp³-hybridized carbons (Fsp3) is 0.583. The molecule has 1 aliphatic carbocycles. The molecule has 2 amide bonds. The maximum absolute atomic E-state index is 12.0. The average Bonchev–Trinajstić information content (AvgIpc) is 2.91. The number of amides is 2. The van der Waals surface area contributed by atoms with Gasteiger partial charge in [-0.2, -0.15) is 4.98 Å². The van der Waals surface area contributed by atoms with Crippen molar-refractivity contribution < 1.29 is 17.9 Å². The van der Waals surface area contributed by atoms with E-state index in [-0.39, 0.29) is 11.8 Å². The van der Waals surface area contributed by atoms with E-state index in [9.17, 15) is 13.2 Å². The maximum Gasteiger partial charge on any atom is 0.335 e. The van der Waals surface area contributed by atoms with Crippen LogP contribution in [0.25, 0.3) is 0 Å². The molecule has 1 saturated carbocycles. The van der Waals surface area contributed by atoms with E-state index >= 15 is 0 Å². The van der Waals surface area contributed by atoms with Crippen LogP contribution in [0.2, 0.25) is 0 Å². The minimum absolute atomic E-state index is 0.00836. The van der Waals surface area contributed by atoms with Gasteiger partial charge in [0.05, 0.1) is 12.4 Å². The van der Waals surface area contributed by atoms with E-state index in [0.717, 1.165) is 12.8 Å². The second-order valence-corrected chi connectivity index (χ2v) is 6.84. The van der Waals surface area contributed by atoms with Gasteiger partial charge < -0.3 is 4.74 Å². The predicted molar refractivity (Wildman–Crippen MR) is 76.7 cm³/mol. The van der Waals surface area contributed by atoms with E-state index in [1.807, 2.05) is 4.72 Å². The zero-order valence-electron chi connectivity index (χ0n) is 11.9. The molecular formula is C12H18N4O4S. The predicted octanol–water partition coefficient (Wildman–Crippen LogP) is 1.19. The first-order chi connectivity index (χ1) is 9.90. The number of aromatic nitrogens is 2. The Balaban J connectivity index is 2.03. The topological polar surface area (TPSA) is 110 Å². The molecule has 2 N–H and O–H groups in total. The molecule has 116 valence electrons. The van der Waals surface area contributed by atoms with E-state index in [0.29, 0.717) is 18.5 Å². The van der Waals surface area contributed by atoms with Gasteiger partial charge in [-0.05, 0) is 19.8 Å². The highest BCUT2D eigenvalue weighted by Crippen LogP contribution is 2.23. The van der Waals surface area contributed by atoms with Gasteiger partial charge in [-0.25, -0.2) is 22.9 Å². The fourth-order valence-electron chi connectivity index (χ4n) is 2.24. The van der Waals surface area contributed by atoms with Gasteiger partial charge in [0, 0.05) is 11.8 Å². The molecule has 0 unspecified atom stereocenters. The summed E-state index contributed by atoms with van der Waals surface area (Å²) >= 11 is 0. The van der Waals surface area contributed by atoms with Gasteiger partial charge in [-0.3, -0.25) is 5.32 Å². The van der Waals surface area contributed by atoms with Crippen LogP contribution >= 0.6 is 0 Å². The standard InChI is InChI=1S/C12H18N4O4S/c1-8-7-10(20-2)14-11(13-8)15-12(17)16-21(18,19)9-5-3-4-6-9/h7,9H,3-6H2,1-2H3,(H2,13,14,15,16,17). The summed E-state index contributed by atoms with van der Waals surface area (Å²) in [5, 5.41) is 1.80. The Kier molecular flexibility index (Phi) is 4.61. The van der Waals surface area contributed by atoms with E-state index in [1.54, 1.807) is 13.0 Å². The van der Waals surface area contributed by atoms with Crippen molar-refractivity contribution >= 4 is 22.0 Å². The Morgan fingerprint density at radius 2 is 2.00 bits per heavy atom. The van der Waals surface area contributed by atoms with Gasteiger partial charge in [0.1, 0.15) is 0 Å². The molecule has 0 bridgehead atoms. The number of carbonyl (C=O) groups excluding carboxylic acids is 1. The number of urea groups is 1. The van der Waals surface area contributed by atoms with E-state index < -0.39 is 21.3 Å². The molecule has 9 heteroatoms. The summed E-state index contributed by atoms with van der Waals surface area (Å²) in [6.45, 7) is 1.71. The quantitative estimate of drug-likeness (QED) is 0.863. The van der Waals surface area contributed by atoms with E-state index in [4.69, 9.17) is 4.74 Å². The van der Waals surface area contributed by atoms with Crippen LogP contribution in [0.1, 0.15) is 31.4 Å². The van der Waals surface area contributed by atoms with Gasteiger partial charge in [0.25, 0.3) is 0 Å². The zero-order valence-corrected chi connectivity index (χ0v) is 12.7. The van der Waals surface area contributed by atoms with Crippen LogP contribution in [0.3, 0.4) is 0 Å². The molecule has 0 radical (unpaired) electrons. The molecule has 1 heterocycles. The van der Waals surface area contributed by atoms with Crippen LogP contribution in [0.5, 0.6) is 5.88 Å². The lowest BCUT2D eigenvalue weighted by Gasteiger charge is -2.12. The Labute approximate surface area is 123 Å². The number of methoxy groups -OCH3 is 1. The van der Waals surface area contributed by atoms with E-state index in [2.05, 4.69) is 15.3 Å². The molecule has 1 fully saturated rings. The third kappa shape index (κ3) is 4.03. The number of rotatable bonds is 4. The van der Waals surface area contributed by atoms with Crippen molar-refractivity contribution in [2.75, 3.05) is 12.4 Å². The first-order valence-corrected chi connectivity index (χ1v) is 8.17. The lowest BCUT2D eigenvalue weighted by atomic mass is 10.4. The number of hydrogen-bond acceptors (Lipinski definition) is 6. The lowest BCUT2D eigenvalue weighted by Crippen LogP contribution is -2.40. The lowest BCUT2D eigenvalue weighted by molar-refractivity contribution is 0.256. The van der Waals surface area contributed by atoms with Gasteiger partial charge in [-0.1, -0.05) is 12.8 Å². The number of aryl methyl sites for hydroxylation is 1. The summed E-state index contributed by atoms with van der Waals surface area (Å²) in [5.41, 5.74) is 0.593. The van der Waals surface area contributed by atoms with E-state index in [1.165, 1.54) is 7.11 Å². The minimum Gasteiger partial charge on any atom is -0.481 e. The Hall–Kier alpha value is -1.90. The number of sulfonamides is 1. The minimum atomic E-state index is -3.65. The van der Waals surface area contributed by atoms with Crippen LogP contribution in [-0.2, 0) is 10.0 Å². The first-order valence-electron chi connectivity index (χ1n) is 6.63. The highest BCUT2D eigenvalue weighted by Gasteiger charge is 2.30. The molecule has 1 aromatic heterocycles. The van der Waals surface area contributed by atoms with Crippen molar-refractivity contribution in [2.45, 2.75) is 37.9 Å². The molecular weight excluding hydrogens is 296 g/mol. The summed E-state index contributed by atoms with van der Waals surface area (Å²) in [5.74, 6) is 0.280. The van der Waals surface area contributed by atoms with Crippen molar-refractivity contribution in [3.63, 3.8) is 0 Å². The van der Waals surface area contributed by atoms with Crippen molar-refractivity contribution in [3.05, 3.63) is 11.8 Å². The van der Waals surface area contributed by atoms with Crippen LogP contribution in [0, 0.1) is 6.92 Å². The van der Waals surface area contributed by atoms with Crippen LogP contribution in [-0.4, -0.2) is 36.8 Å². The SMILES string of the molecule is COc1cc(C)nc(NC(=O)NS(=O)(=O)C2CCCC2)n1. The number of anilines is 1. The fourth-order valence-corrected chi connectivity index (χ4v) is 3.67. The number of nitrogens with zero attached hydrogens (tertiary/aromatic N) is 2. The Morgan fingerprint density at radius 3 is 2.62 bits per heavy atom. The summed E-state index contributed by atoms with van der Waals surface area (Å²) < 4.78 is 30.9. The third-order valence-electron chi connectivity index (χ3n) is 3.24. The molecule has 0 atom stereocenters. The molecule has 21 heavy (non-hydrogen) atoms. The number of ether oxygens (including phenoxy) is 1. The molecule has 1 aromatic rings. The molecule has 0 saturated heterocycles. The second kappa shape index (κ2) is 6.25. The van der Waals surface area contributed by atoms with Crippen LogP contribution < -0.4 is 14.8 Å². The Bertz CT molecular complexity index is 626. The summed E-state index contributed by atoms with van der Waals surface area (Å²) in [4.78, 5) is 19.7. The normalized spacial score (nSPS) is 15.7. The van der Waals surface area contributed by atoms with Gasteiger partial charge in [-0.15, -0.1) is 0 Å². The number of carbonyl (C=O) groups is 1. The van der Waals surface area contributed by atoms with Crippen molar-refractivity contribution in [3.8, 4) is 5.88 Å². The maximum atomic E-state index is 12.0. The monoisotopic (exact) mass is 314 g/mol. The Morgan fingerprint density at radius 1 is 1.33 bits per heavy atom. The van der Waals surface area contributed by atoms with Gasteiger partial charge in [0.2, 0.25) is 21.9 Å². The highest BCUT2D eigenvalue weighted by molar-refractivity contribution is 7.90. The summed E-state index contributed by atoms with van der Waals surface area (Å²) in [6.07, 6.45) is 2.89. The molecule has 1 aliphatic rings. The second-order valence-electron chi connectivity index (χ2n) is 4.88. The highest BCUT2D eigenvalue weighted by atomic mass is 32.2. The number of hydrogen-bond donors (Lipinski definition) is 2. The van der Waals surface area contributed by atoms with Crippen LogP contribution in [0.4, 0.5) is 10.7 Å².